The number of hydrogen-bond donors (Lipinski definition) is 2. The predicted octanol–water partition coefficient (Wildman–Crippen LogP) is 3.10. The van der Waals surface area contributed by atoms with Gasteiger partial charge in [-0.05, 0) is 23.3 Å². The van der Waals surface area contributed by atoms with Crippen molar-refractivity contribution in [1.82, 2.24) is 0 Å². The van der Waals surface area contributed by atoms with Crippen molar-refractivity contribution in [2.24, 2.45) is 5.73 Å². The molecular weight excluding hydrogens is 332 g/mol. The number of anilines is 1. The minimum atomic E-state index is -0.0870. The quantitative estimate of drug-likeness (QED) is 0.872. The molecule has 0 aromatic heterocycles. The van der Waals surface area contributed by atoms with E-state index in [1.165, 1.54) is 0 Å². The molecule has 0 radical (unpaired) electrons. The van der Waals surface area contributed by atoms with Gasteiger partial charge in [-0.1, -0.05) is 40.2 Å². The molecule has 0 bridgehead atoms. The Labute approximate surface area is 132 Å². The molecule has 4 nitrogen and oxygen atoms in total. The van der Waals surface area contributed by atoms with Crippen molar-refractivity contribution in [2.75, 3.05) is 12.4 Å². The molecule has 0 aliphatic heterocycles. The van der Waals surface area contributed by atoms with Gasteiger partial charge in [0.25, 0.3) is 0 Å². The Morgan fingerprint density at radius 3 is 2.62 bits per heavy atom. The molecule has 0 saturated heterocycles. The molecule has 0 aliphatic carbocycles. The van der Waals surface area contributed by atoms with Gasteiger partial charge in [0, 0.05) is 22.8 Å². The van der Waals surface area contributed by atoms with Crippen molar-refractivity contribution in [3.8, 4) is 5.75 Å². The van der Waals surface area contributed by atoms with Crippen molar-refractivity contribution in [1.29, 1.82) is 0 Å². The Morgan fingerprint density at radius 1 is 1.24 bits per heavy atom. The van der Waals surface area contributed by atoms with E-state index >= 15 is 0 Å². The molecule has 5 heteroatoms. The summed E-state index contributed by atoms with van der Waals surface area (Å²) in [5.74, 6) is 0.595. The summed E-state index contributed by atoms with van der Waals surface area (Å²) in [5, 5.41) is 2.87. The summed E-state index contributed by atoms with van der Waals surface area (Å²) in [4.78, 5) is 12.2. The second-order valence-electron chi connectivity index (χ2n) is 4.58. The largest absolute Gasteiger partial charge is 0.497 e. The molecule has 0 saturated carbocycles. The van der Waals surface area contributed by atoms with Gasteiger partial charge in [-0.15, -0.1) is 0 Å². The molecule has 21 heavy (non-hydrogen) atoms. The van der Waals surface area contributed by atoms with Crippen LogP contribution in [0.3, 0.4) is 0 Å². The summed E-state index contributed by atoms with van der Waals surface area (Å²) in [6.45, 7) is 0.425. The van der Waals surface area contributed by atoms with Crippen LogP contribution >= 0.6 is 15.9 Å². The first kappa shape index (κ1) is 15.5. The molecule has 0 heterocycles. The fourth-order valence-electron chi connectivity index (χ4n) is 2.06. The van der Waals surface area contributed by atoms with Crippen LogP contribution in [0.1, 0.15) is 11.1 Å². The molecule has 1 amide bonds. The predicted molar refractivity (Wildman–Crippen MR) is 87.4 cm³/mol. The van der Waals surface area contributed by atoms with E-state index in [9.17, 15) is 4.79 Å². The third-order valence-corrected chi connectivity index (χ3v) is 3.54. The van der Waals surface area contributed by atoms with Crippen LogP contribution in [0.25, 0.3) is 0 Å². The number of hydrogen-bond acceptors (Lipinski definition) is 3. The lowest BCUT2D eigenvalue weighted by Gasteiger charge is -2.10. The molecule has 0 unspecified atom stereocenters. The summed E-state index contributed by atoms with van der Waals surface area (Å²) in [5.41, 5.74) is 8.30. The lowest BCUT2D eigenvalue weighted by Crippen LogP contribution is -2.16. The Bertz CT molecular complexity index is 644. The highest BCUT2D eigenvalue weighted by atomic mass is 79.9. The van der Waals surface area contributed by atoms with Gasteiger partial charge in [-0.2, -0.15) is 0 Å². The van der Waals surface area contributed by atoms with E-state index in [-0.39, 0.29) is 5.91 Å². The smallest absolute Gasteiger partial charge is 0.228 e. The number of halogens is 1. The van der Waals surface area contributed by atoms with Crippen molar-refractivity contribution in [3.63, 3.8) is 0 Å². The number of ether oxygens (including phenoxy) is 1. The van der Waals surface area contributed by atoms with Gasteiger partial charge in [0.15, 0.2) is 0 Å². The van der Waals surface area contributed by atoms with Crippen LogP contribution in [0.15, 0.2) is 46.9 Å². The number of amides is 1. The maximum absolute atomic E-state index is 12.2. The number of methoxy groups -OCH3 is 1. The van der Waals surface area contributed by atoms with E-state index in [4.69, 9.17) is 10.5 Å². The Kier molecular flexibility index (Phi) is 5.36. The number of benzene rings is 2. The highest BCUT2D eigenvalue weighted by Crippen LogP contribution is 2.24. The minimum absolute atomic E-state index is 0.0870. The van der Waals surface area contributed by atoms with Crippen LogP contribution in [-0.4, -0.2) is 13.0 Å². The van der Waals surface area contributed by atoms with Crippen LogP contribution in [0.5, 0.6) is 5.75 Å². The summed E-state index contributed by atoms with van der Waals surface area (Å²) < 4.78 is 6.02. The molecule has 0 aliphatic rings. The second kappa shape index (κ2) is 7.24. The third-order valence-electron chi connectivity index (χ3n) is 3.08. The van der Waals surface area contributed by atoms with E-state index < -0.39 is 0 Å². The Balaban J connectivity index is 2.10. The van der Waals surface area contributed by atoms with E-state index in [0.29, 0.717) is 24.4 Å². The molecule has 2 aromatic carbocycles. The first-order valence-corrected chi connectivity index (χ1v) is 7.33. The van der Waals surface area contributed by atoms with E-state index in [1.54, 1.807) is 13.2 Å². The summed E-state index contributed by atoms with van der Waals surface area (Å²) in [6, 6.07) is 13.1. The van der Waals surface area contributed by atoms with Crippen LogP contribution < -0.4 is 15.8 Å². The first-order chi connectivity index (χ1) is 10.1. The number of nitrogens with two attached hydrogens (primary N) is 1. The molecule has 2 aromatic rings. The zero-order valence-electron chi connectivity index (χ0n) is 11.7. The van der Waals surface area contributed by atoms with Gasteiger partial charge in [-0.3, -0.25) is 4.79 Å². The molecule has 0 atom stereocenters. The monoisotopic (exact) mass is 348 g/mol. The van der Waals surface area contributed by atoms with Gasteiger partial charge in [0.05, 0.1) is 13.5 Å². The van der Waals surface area contributed by atoms with Crippen LogP contribution in [-0.2, 0) is 17.8 Å². The van der Waals surface area contributed by atoms with Gasteiger partial charge in [0.1, 0.15) is 5.75 Å². The normalized spacial score (nSPS) is 10.2. The zero-order valence-corrected chi connectivity index (χ0v) is 13.3. The summed E-state index contributed by atoms with van der Waals surface area (Å²) >= 11 is 3.39. The van der Waals surface area contributed by atoms with Crippen LogP contribution in [0, 0.1) is 0 Å². The van der Waals surface area contributed by atoms with Crippen molar-refractivity contribution in [2.45, 2.75) is 13.0 Å². The van der Waals surface area contributed by atoms with Crippen LogP contribution in [0.2, 0.25) is 0 Å². The number of carbonyl (C=O) groups excluding carboxylic acids is 1. The van der Waals surface area contributed by atoms with Gasteiger partial charge >= 0.3 is 0 Å². The fourth-order valence-corrected chi connectivity index (χ4v) is 2.53. The average molecular weight is 349 g/mol. The van der Waals surface area contributed by atoms with E-state index in [1.807, 2.05) is 36.4 Å². The molecule has 0 spiro atoms. The lowest BCUT2D eigenvalue weighted by molar-refractivity contribution is -0.115. The summed E-state index contributed by atoms with van der Waals surface area (Å²) in [7, 11) is 1.59. The second-order valence-corrected chi connectivity index (χ2v) is 5.49. The Hall–Kier alpha value is -1.85. The SMILES string of the molecule is COc1cc(Br)cc(NC(=O)Cc2ccccc2CN)c1. The highest BCUT2D eigenvalue weighted by Gasteiger charge is 2.08. The summed E-state index contributed by atoms with van der Waals surface area (Å²) in [6.07, 6.45) is 0.294. The third kappa shape index (κ3) is 4.31. The lowest BCUT2D eigenvalue weighted by atomic mass is 10.0. The standard InChI is InChI=1S/C16H17BrN2O2/c1-21-15-8-13(17)7-14(9-15)19-16(20)6-11-4-2-3-5-12(11)10-18/h2-5,7-9H,6,10,18H2,1H3,(H,19,20). The van der Waals surface area contributed by atoms with Crippen LogP contribution in [0.4, 0.5) is 5.69 Å². The number of carbonyl (C=O) groups is 1. The number of rotatable bonds is 5. The Morgan fingerprint density at radius 2 is 1.95 bits per heavy atom. The van der Waals surface area contributed by atoms with Gasteiger partial charge < -0.3 is 15.8 Å². The topological polar surface area (TPSA) is 64.3 Å². The van der Waals surface area contributed by atoms with Gasteiger partial charge in [0.2, 0.25) is 5.91 Å². The maximum Gasteiger partial charge on any atom is 0.228 e. The molecule has 110 valence electrons. The first-order valence-electron chi connectivity index (χ1n) is 6.53. The average Bonchev–Trinajstić information content (AvgIpc) is 2.47. The van der Waals surface area contributed by atoms with Gasteiger partial charge in [-0.25, -0.2) is 0 Å². The molecule has 3 N–H and O–H groups in total. The van der Waals surface area contributed by atoms with Crippen molar-refractivity contribution in [3.05, 3.63) is 58.1 Å². The van der Waals surface area contributed by atoms with E-state index in [0.717, 1.165) is 15.6 Å². The van der Waals surface area contributed by atoms with Crippen molar-refractivity contribution >= 4 is 27.5 Å². The number of nitrogens with one attached hydrogen (secondary N) is 1. The molecule has 2 rings (SSSR count). The van der Waals surface area contributed by atoms with Crippen molar-refractivity contribution < 1.29 is 9.53 Å². The zero-order chi connectivity index (χ0) is 15.2. The molecular formula is C16H17BrN2O2. The minimum Gasteiger partial charge on any atom is -0.497 e. The van der Waals surface area contributed by atoms with E-state index in [2.05, 4.69) is 21.2 Å². The maximum atomic E-state index is 12.2. The fraction of sp³-hybridized carbons (Fsp3) is 0.188. The molecule has 0 fully saturated rings. The highest BCUT2D eigenvalue weighted by molar-refractivity contribution is 9.10.